The van der Waals surface area contributed by atoms with Crippen molar-refractivity contribution < 1.29 is 4.39 Å². The van der Waals surface area contributed by atoms with Gasteiger partial charge in [0.2, 0.25) is 0 Å². The topological polar surface area (TPSA) is 38.0 Å². The Morgan fingerprint density at radius 3 is 2.42 bits per heavy atom. The van der Waals surface area contributed by atoms with Gasteiger partial charge in [0.1, 0.15) is 5.82 Å². The van der Waals surface area contributed by atoms with Gasteiger partial charge < -0.3 is 11.1 Å². The molecule has 2 aromatic rings. The molecule has 0 heterocycles. The average molecular weight is 258 g/mol. The number of anilines is 3. The van der Waals surface area contributed by atoms with Gasteiger partial charge in [0, 0.05) is 5.69 Å². The monoisotopic (exact) mass is 258 g/mol. The van der Waals surface area contributed by atoms with Crippen molar-refractivity contribution in [1.29, 1.82) is 0 Å². The van der Waals surface area contributed by atoms with Crippen molar-refractivity contribution in [3.63, 3.8) is 0 Å². The summed E-state index contributed by atoms with van der Waals surface area (Å²) in [4.78, 5) is 0. The summed E-state index contributed by atoms with van der Waals surface area (Å²) >= 11 is 0. The molecule has 100 valence electrons. The Bertz CT molecular complexity index is 547. The molecule has 0 unspecified atom stereocenters. The second-order valence-electron chi connectivity index (χ2n) is 5.15. The zero-order valence-corrected chi connectivity index (χ0v) is 11.3. The summed E-state index contributed by atoms with van der Waals surface area (Å²) in [5.41, 5.74) is 9.14. The maximum atomic E-state index is 13.2. The zero-order valence-electron chi connectivity index (χ0n) is 11.3. The van der Waals surface area contributed by atoms with Crippen LogP contribution in [0.3, 0.4) is 0 Å². The minimum atomic E-state index is -0.298. The fourth-order valence-corrected chi connectivity index (χ4v) is 1.99. The van der Waals surface area contributed by atoms with Crippen LogP contribution in [-0.4, -0.2) is 0 Å². The number of halogens is 1. The number of hydrogen-bond donors (Lipinski definition) is 2. The van der Waals surface area contributed by atoms with Crippen molar-refractivity contribution in [2.24, 2.45) is 5.92 Å². The summed E-state index contributed by atoms with van der Waals surface area (Å²) in [6.45, 7) is 4.39. The number of benzene rings is 2. The number of hydrogen-bond acceptors (Lipinski definition) is 2. The van der Waals surface area contributed by atoms with E-state index in [2.05, 4.69) is 31.3 Å². The molecule has 0 atom stereocenters. The van der Waals surface area contributed by atoms with Crippen LogP contribution < -0.4 is 11.1 Å². The van der Waals surface area contributed by atoms with Gasteiger partial charge >= 0.3 is 0 Å². The normalized spacial score (nSPS) is 10.7. The van der Waals surface area contributed by atoms with E-state index in [0.29, 0.717) is 17.3 Å². The van der Waals surface area contributed by atoms with Crippen molar-refractivity contribution in [2.75, 3.05) is 11.1 Å². The van der Waals surface area contributed by atoms with E-state index in [1.807, 2.05) is 12.1 Å². The second kappa shape index (κ2) is 5.74. The minimum Gasteiger partial charge on any atom is -0.397 e. The van der Waals surface area contributed by atoms with Crippen LogP contribution in [0.25, 0.3) is 0 Å². The van der Waals surface area contributed by atoms with Crippen molar-refractivity contribution in [2.45, 2.75) is 20.3 Å². The van der Waals surface area contributed by atoms with Gasteiger partial charge in [0.15, 0.2) is 0 Å². The highest BCUT2D eigenvalue weighted by atomic mass is 19.1. The molecule has 2 aromatic carbocycles. The molecule has 0 bridgehead atoms. The average Bonchev–Trinajstić information content (AvgIpc) is 2.35. The molecule has 3 N–H and O–H groups in total. The molecule has 0 fully saturated rings. The van der Waals surface area contributed by atoms with E-state index in [1.165, 1.54) is 17.7 Å². The molecular weight excluding hydrogens is 239 g/mol. The van der Waals surface area contributed by atoms with Crippen molar-refractivity contribution >= 4 is 17.1 Å². The number of nitrogens with one attached hydrogen (secondary N) is 1. The van der Waals surface area contributed by atoms with Crippen LogP contribution in [0.5, 0.6) is 0 Å². The Hall–Kier alpha value is -2.03. The van der Waals surface area contributed by atoms with Crippen molar-refractivity contribution in [1.82, 2.24) is 0 Å². The van der Waals surface area contributed by atoms with Gasteiger partial charge in [-0.3, -0.25) is 0 Å². The molecular formula is C16H19FN2. The Morgan fingerprint density at radius 1 is 1.11 bits per heavy atom. The largest absolute Gasteiger partial charge is 0.397 e. The smallest absolute Gasteiger partial charge is 0.125 e. The van der Waals surface area contributed by atoms with Crippen LogP contribution in [-0.2, 0) is 6.42 Å². The lowest BCUT2D eigenvalue weighted by molar-refractivity contribution is 0.628. The molecule has 0 spiro atoms. The predicted octanol–water partition coefficient (Wildman–Crippen LogP) is 4.35. The molecule has 19 heavy (non-hydrogen) atoms. The molecule has 2 nitrogen and oxygen atoms in total. The minimum absolute atomic E-state index is 0.298. The Kier molecular flexibility index (Phi) is 4.05. The summed E-state index contributed by atoms with van der Waals surface area (Å²) in [6.07, 6.45) is 1.06. The van der Waals surface area contributed by atoms with Gasteiger partial charge in [-0.2, -0.15) is 0 Å². The molecule has 2 rings (SSSR count). The summed E-state index contributed by atoms with van der Waals surface area (Å²) in [6, 6.07) is 12.5. The van der Waals surface area contributed by atoms with E-state index < -0.39 is 0 Å². The third-order valence-corrected chi connectivity index (χ3v) is 2.89. The first-order valence-corrected chi connectivity index (χ1v) is 6.45. The van der Waals surface area contributed by atoms with Gasteiger partial charge in [-0.05, 0) is 48.2 Å². The van der Waals surface area contributed by atoms with Crippen LogP contribution in [0.4, 0.5) is 21.5 Å². The lowest BCUT2D eigenvalue weighted by Crippen LogP contribution is -1.98. The molecule has 3 heteroatoms. The summed E-state index contributed by atoms with van der Waals surface area (Å²) in [5.74, 6) is 0.339. The van der Waals surface area contributed by atoms with Gasteiger partial charge in [0.25, 0.3) is 0 Å². The molecule has 0 aliphatic rings. The molecule has 0 aliphatic heterocycles. The Labute approximate surface area is 113 Å². The lowest BCUT2D eigenvalue weighted by atomic mass is 10.0. The molecule has 0 saturated carbocycles. The first-order chi connectivity index (χ1) is 9.04. The van der Waals surface area contributed by atoms with Crippen molar-refractivity contribution in [3.05, 3.63) is 53.8 Å². The van der Waals surface area contributed by atoms with Crippen molar-refractivity contribution in [3.8, 4) is 0 Å². The van der Waals surface area contributed by atoms with E-state index in [-0.39, 0.29) is 5.82 Å². The first kappa shape index (κ1) is 13.4. The van der Waals surface area contributed by atoms with Gasteiger partial charge in [-0.25, -0.2) is 4.39 Å². The second-order valence-corrected chi connectivity index (χ2v) is 5.15. The van der Waals surface area contributed by atoms with Crippen LogP contribution in [0.1, 0.15) is 19.4 Å². The summed E-state index contributed by atoms with van der Waals surface area (Å²) in [7, 11) is 0. The highest BCUT2D eigenvalue weighted by Crippen LogP contribution is 2.24. The van der Waals surface area contributed by atoms with Crippen LogP contribution in [0, 0.1) is 11.7 Å². The third kappa shape index (κ3) is 3.71. The Morgan fingerprint density at radius 2 is 1.79 bits per heavy atom. The maximum Gasteiger partial charge on any atom is 0.125 e. The molecule has 0 amide bonds. The fourth-order valence-electron chi connectivity index (χ4n) is 1.99. The molecule has 0 aromatic heterocycles. The number of rotatable bonds is 4. The van der Waals surface area contributed by atoms with E-state index in [1.54, 1.807) is 6.07 Å². The molecule has 0 radical (unpaired) electrons. The fraction of sp³-hybridized carbons (Fsp3) is 0.250. The first-order valence-electron chi connectivity index (χ1n) is 6.45. The summed E-state index contributed by atoms with van der Waals surface area (Å²) < 4.78 is 13.2. The molecule has 0 saturated heterocycles. The predicted molar refractivity (Wildman–Crippen MR) is 79.1 cm³/mol. The van der Waals surface area contributed by atoms with Crippen LogP contribution >= 0.6 is 0 Å². The SMILES string of the molecule is CC(C)Cc1ccc(Nc2cc(F)ccc2N)cc1. The van der Waals surface area contributed by atoms with E-state index in [0.717, 1.165) is 12.1 Å². The van der Waals surface area contributed by atoms with Gasteiger partial charge in [-0.1, -0.05) is 26.0 Å². The standard InChI is InChI=1S/C16H19FN2/c1-11(2)9-12-3-6-14(7-4-12)19-16-10-13(17)5-8-15(16)18/h3-8,10-11,19H,9,18H2,1-2H3. The van der Waals surface area contributed by atoms with Gasteiger partial charge in [0.05, 0.1) is 11.4 Å². The van der Waals surface area contributed by atoms with E-state index in [9.17, 15) is 4.39 Å². The summed E-state index contributed by atoms with van der Waals surface area (Å²) in [5, 5.41) is 3.13. The zero-order chi connectivity index (χ0) is 13.8. The maximum absolute atomic E-state index is 13.2. The lowest BCUT2D eigenvalue weighted by Gasteiger charge is -2.11. The highest BCUT2D eigenvalue weighted by Gasteiger charge is 2.02. The number of nitrogens with two attached hydrogens (primary N) is 1. The highest BCUT2D eigenvalue weighted by molar-refractivity contribution is 5.72. The molecule has 0 aliphatic carbocycles. The quantitative estimate of drug-likeness (QED) is 0.800. The van der Waals surface area contributed by atoms with Crippen LogP contribution in [0.2, 0.25) is 0 Å². The van der Waals surface area contributed by atoms with E-state index >= 15 is 0 Å². The number of nitrogen functional groups attached to an aromatic ring is 1. The Balaban J connectivity index is 2.13. The van der Waals surface area contributed by atoms with Gasteiger partial charge in [-0.15, -0.1) is 0 Å². The van der Waals surface area contributed by atoms with Crippen LogP contribution in [0.15, 0.2) is 42.5 Å². The van der Waals surface area contributed by atoms with E-state index in [4.69, 9.17) is 5.73 Å². The third-order valence-electron chi connectivity index (χ3n) is 2.89.